The Labute approximate surface area is 142 Å². The van der Waals surface area contributed by atoms with Crippen LogP contribution in [-0.4, -0.2) is 61.0 Å². The van der Waals surface area contributed by atoms with Crippen LogP contribution in [0.2, 0.25) is 0 Å². The minimum Gasteiger partial charge on any atom is -0.394 e. The van der Waals surface area contributed by atoms with Crippen molar-refractivity contribution in [2.75, 3.05) is 18.9 Å². The molecule has 2 aromatic heterocycles. The first-order valence-corrected chi connectivity index (χ1v) is 8.47. The Balaban J connectivity index is 2.01. The highest BCUT2D eigenvalue weighted by Crippen LogP contribution is 2.38. The van der Waals surface area contributed by atoms with Crippen LogP contribution in [0, 0.1) is 12.3 Å². The molecule has 0 aliphatic carbocycles. The first-order valence-electron chi connectivity index (χ1n) is 7.20. The number of nitrogens with two attached hydrogens (primary N) is 1. The van der Waals surface area contributed by atoms with E-state index in [1.807, 2.05) is 0 Å². The van der Waals surface area contributed by atoms with Crippen LogP contribution in [0.5, 0.6) is 0 Å². The zero-order chi connectivity index (χ0) is 18.0. The van der Waals surface area contributed by atoms with Crippen LogP contribution in [-0.2, 0) is 18.6 Å². The Kier molecular flexibility index (Phi) is 5.29. The molecule has 3 heterocycles. The van der Waals surface area contributed by atoms with Gasteiger partial charge in [-0.3, -0.25) is 9.13 Å². The highest BCUT2D eigenvalue weighted by atomic mass is 31.1. The number of rotatable bonds is 6. The van der Waals surface area contributed by atoms with E-state index in [2.05, 4.69) is 20.9 Å². The third kappa shape index (κ3) is 3.36. The van der Waals surface area contributed by atoms with Gasteiger partial charge in [-0.15, -0.1) is 6.42 Å². The van der Waals surface area contributed by atoms with Crippen LogP contribution in [0.1, 0.15) is 6.23 Å². The number of nitrogen functional groups attached to an aromatic ring is 1. The molecule has 3 rings (SSSR count). The van der Waals surface area contributed by atoms with E-state index in [0.717, 1.165) is 0 Å². The van der Waals surface area contributed by atoms with Gasteiger partial charge < -0.3 is 29.7 Å². The van der Waals surface area contributed by atoms with Crippen molar-refractivity contribution in [3.05, 3.63) is 12.7 Å². The molecule has 1 aliphatic heterocycles. The van der Waals surface area contributed by atoms with Crippen LogP contribution >= 0.6 is 8.25 Å². The zero-order valence-corrected chi connectivity index (χ0v) is 13.8. The van der Waals surface area contributed by atoms with Gasteiger partial charge in [0.1, 0.15) is 36.8 Å². The maximum atomic E-state index is 11.2. The molecule has 25 heavy (non-hydrogen) atoms. The van der Waals surface area contributed by atoms with Crippen molar-refractivity contribution < 1.29 is 28.6 Å². The summed E-state index contributed by atoms with van der Waals surface area (Å²) in [6.45, 7) is -0.533. The standard InChI is InChI=1S/C13H16N5O6P/c1-2-3-22-10-9(24-25(20)21)7(4-19)23-13(10)18-6-17-8-11(14)15-5-16-12(8)18/h1,5-7,9-10,13,19,25H,3-4H2,(H,20,21)(H2,14,15,16)/t7-,9?,10?,13-/m1/s1. The van der Waals surface area contributed by atoms with Crippen molar-refractivity contribution in [1.82, 2.24) is 19.5 Å². The first kappa shape index (κ1) is 17.8. The Morgan fingerprint density at radius 3 is 2.92 bits per heavy atom. The molecular formula is C13H16N5O6P. The summed E-state index contributed by atoms with van der Waals surface area (Å²) >= 11 is 0. The van der Waals surface area contributed by atoms with Gasteiger partial charge in [0.05, 0.1) is 12.9 Å². The highest BCUT2D eigenvalue weighted by molar-refractivity contribution is 7.32. The number of aliphatic hydroxyl groups is 1. The number of anilines is 1. The number of ether oxygens (including phenoxy) is 2. The van der Waals surface area contributed by atoms with Crippen LogP contribution in [0.3, 0.4) is 0 Å². The highest BCUT2D eigenvalue weighted by Gasteiger charge is 2.48. The normalized spacial score (nSPS) is 27.4. The average molecular weight is 369 g/mol. The van der Waals surface area contributed by atoms with E-state index < -0.39 is 39.4 Å². The number of nitrogens with zero attached hydrogens (tertiary/aromatic N) is 4. The van der Waals surface area contributed by atoms with Crippen LogP contribution in [0.25, 0.3) is 11.2 Å². The summed E-state index contributed by atoms with van der Waals surface area (Å²) in [6, 6.07) is 0. The predicted molar refractivity (Wildman–Crippen MR) is 85.4 cm³/mol. The molecule has 0 aromatic carbocycles. The molecular weight excluding hydrogens is 353 g/mol. The van der Waals surface area contributed by atoms with E-state index in [9.17, 15) is 9.67 Å². The van der Waals surface area contributed by atoms with Crippen molar-refractivity contribution in [3.63, 3.8) is 0 Å². The van der Waals surface area contributed by atoms with Gasteiger partial charge in [0.25, 0.3) is 0 Å². The van der Waals surface area contributed by atoms with Crippen LogP contribution < -0.4 is 5.73 Å². The van der Waals surface area contributed by atoms with E-state index in [1.54, 1.807) is 0 Å². The zero-order valence-electron chi connectivity index (χ0n) is 12.8. The lowest BCUT2D eigenvalue weighted by atomic mass is 10.1. The van der Waals surface area contributed by atoms with E-state index >= 15 is 0 Å². The summed E-state index contributed by atoms with van der Waals surface area (Å²) in [6.07, 6.45) is 4.30. The van der Waals surface area contributed by atoms with E-state index in [0.29, 0.717) is 11.2 Å². The fraction of sp³-hybridized carbons (Fsp3) is 0.462. The fourth-order valence-corrected chi connectivity index (χ4v) is 3.23. The molecule has 11 nitrogen and oxygen atoms in total. The van der Waals surface area contributed by atoms with Crippen molar-refractivity contribution in [2.24, 2.45) is 0 Å². The lowest BCUT2D eigenvalue weighted by molar-refractivity contribution is -0.0635. The van der Waals surface area contributed by atoms with Crippen molar-refractivity contribution in [1.29, 1.82) is 0 Å². The molecule has 0 saturated carbocycles. The molecule has 0 spiro atoms. The molecule has 4 N–H and O–H groups in total. The molecule has 1 aliphatic rings. The summed E-state index contributed by atoms with van der Waals surface area (Å²) in [5, 5.41) is 9.52. The SMILES string of the molecule is C#CCOC1C(O[PH](=O)O)[C@@H](CO)O[C@H]1n1cnc2c(N)ncnc21. The second-order valence-electron chi connectivity index (χ2n) is 5.16. The summed E-state index contributed by atoms with van der Waals surface area (Å²) < 4.78 is 29.0. The molecule has 0 amide bonds. The quantitative estimate of drug-likeness (QED) is 0.430. The van der Waals surface area contributed by atoms with Crippen molar-refractivity contribution in [3.8, 4) is 12.3 Å². The van der Waals surface area contributed by atoms with E-state index in [-0.39, 0.29) is 12.4 Å². The number of hydrogen-bond donors (Lipinski definition) is 3. The van der Waals surface area contributed by atoms with Gasteiger partial charge >= 0.3 is 8.25 Å². The number of imidazole rings is 1. The molecule has 1 saturated heterocycles. The number of fused-ring (bicyclic) bond motifs is 1. The van der Waals surface area contributed by atoms with Gasteiger partial charge in [-0.25, -0.2) is 15.0 Å². The number of terminal acetylenes is 1. The van der Waals surface area contributed by atoms with Gasteiger partial charge in [0, 0.05) is 0 Å². The minimum absolute atomic E-state index is 0.0847. The largest absolute Gasteiger partial charge is 0.394 e. The number of aliphatic hydroxyl groups excluding tert-OH is 1. The molecule has 12 heteroatoms. The maximum absolute atomic E-state index is 11.2. The van der Waals surface area contributed by atoms with Crippen molar-refractivity contribution in [2.45, 2.75) is 24.5 Å². The summed E-state index contributed by atoms with van der Waals surface area (Å²) in [7, 11) is -3.30. The lowest BCUT2D eigenvalue weighted by Crippen LogP contribution is -2.36. The second-order valence-corrected chi connectivity index (χ2v) is 5.93. The summed E-state index contributed by atoms with van der Waals surface area (Å²) in [4.78, 5) is 21.3. The maximum Gasteiger partial charge on any atom is 0.317 e. The lowest BCUT2D eigenvalue weighted by Gasteiger charge is -2.23. The van der Waals surface area contributed by atoms with Gasteiger partial charge in [-0.2, -0.15) is 0 Å². The van der Waals surface area contributed by atoms with Crippen molar-refractivity contribution >= 4 is 25.2 Å². The Bertz CT molecular complexity index is 823. The molecule has 5 atom stereocenters. The van der Waals surface area contributed by atoms with Gasteiger partial charge in [0.2, 0.25) is 0 Å². The van der Waals surface area contributed by atoms with E-state index in [1.165, 1.54) is 17.2 Å². The summed E-state index contributed by atoms with van der Waals surface area (Å²) in [5.41, 5.74) is 6.51. The van der Waals surface area contributed by atoms with Gasteiger partial charge in [-0.05, 0) is 0 Å². The first-order chi connectivity index (χ1) is 12.1. The number of aromatic nitrogens is 4. The Morgan fingerprint density at radius 1 is 1.44 bits per heavy atom. The topological polar surface area (TPSA) is 155 Å². The Hall–Kier alpha value is -2.06. The Morgan fingerprint density at radius 2 is 2.24 bits per heavy atom. The fourth-order valence-electron chi connectivity index (χ4n) is 2.72. The monoisotopic (exact) mass is 369 g/mol. The second kappa shape index (κ2) is 7.45. The van der Waals surface area contributed by atoms with Gasteiger partial charge in [-0.1, -0.05) is 5.92 Å². The number of hydrogen-bond acceptors (Lipinski definition) is 9. The predicted octanol–water partition coefficient (Wildman–Crippen LogP) is -0.916. The average Bonchev–Trinajstić information content (AvgIpc) is 3.15. The molecule has 134 valence electrons. The van der Waals surface area contributed by atoms with Gasteiger partial charge in [0.15, 0.2) is 17.7 Å². The van der Waals surface area contributed by atoms with E-state index in [4.69, 9.17) is 31.0 Å². The minimum atomic E-state index is -3.30. The van der Waals surface area contributed by atoms with Crippen LogP contribution in [0.4, 0.5) is 5.82 Å². The van der Waals surface area contributed by atoms with Crippen LogP contribution in [0.15, 0.2) is 12.7 Å². The molecule has 0 radical (unpaired) electrons. The smallest absolute Gasteiger partial charge is 0.317 e. The molecule has 1 fully saturated rings. The third-order valence-corrected chi connectivity index (χ3v) is 4.20. The molecule has 3 unspecified atom stereocenters. The summed E-state index contributed by atoms with van der Waals surface area (Å²) in [5.74, 6) is 2.50. The molecule has 0 bridgehead atoms. The third-order valence-electron chi connectivity index (χ3n) is 3.72. The molecule has 2 aromatic rings.